The molecule has 0 fully saturated rings. The number of aryl methyl sites for hydroxylation is 1. The summed E-state index contributed by atoms with van der Waals surface area (Å²) in [7, 11) is 0. The lowest BCUT2D eigenvalue weighted by molar-refractivity contribution is 0.708. The molecule has 0 bridgehead atoms. The molecular formula is C11H14N4. The van der Waals surface area contributed by atoms with Crippen LogP contribution in [-0.2, 0) is 6.42 Å². The average Bonchev–Trinajstić information content (AvgIpc) is 2.58. The summed E-state index contributed by atoms with van der Waals surface area (Å²) in [5.41, 5.74) is 1.83. The molecule has 0 unspecified atom stereocenters. The molecule has 0 aromatic heterocycles. The van der Waals surface area contributed by atoms with Crippen molar-refractivity contribution in [1.82, 2.24) is 20.4 Å². The fourth-order valence-electron chi connectivity index (χ4n) is 1.52. The summed E-state index contributed by atoms with van der Waals surface area (Å²) in [6.07, 6.45) is 4.65. The van der Waals surface area contributed by atoms with E-state index in [2.05, 4.69) is 27.3 Å². The van der Waals surface area contributed by atoms with E-state index in [1.807, 2.05) is 18.2 Å². The van der Waals surface area contributed by atoms with Crippen molar-refractivity contribution >= 4 is 0 Å². The second-order valence-electron chi connectivity index (χ2n) is 3.58. The fourth-order valence-corrected chi connectivity index (χ4v) is 1.52. The van der Waals surface area contributed by atoms with Gasteiger partial charge < -0.3 is 0 Å². The Labute approximate surface area is 89.1 Å². The zero-order valence-corrected chi connectivity index (χ0v) is 8.85. The molecule has 0 radical (unpaired) electrons. The highest BCUT2D eigenvalue weighted by Gasteiger charge is 2.06. The van der Waals surface area contributed by atoms with Crippen molar-refractivity contribution in [2.45, 2.75) is 32.6 Å². The van der Waals surface area contributed by atoms with Gasteiger partial charge in [-0.05, 0) is 30.2 Å². The van der Waals surface area contributed by atoms with Crippen molar-refractivity contribution < 1.29 is 0 Å². The molecule has 2 heterocycles. The van der Waals surface area contributed by atoms with Crippen molar-refractivity contribution in [1.29, 1.82) is 0 Å². The summed E-state index contributed by atoms with van der Waals surface area (Å²) in [5, 5.41) is 11.4. The average molecular weight is 202 g/mol. The van der Waals surface area contributed by atoms with Gasteiger partial charge in [0.2, 0.25) is 5.82 Å². The largest absolute Gasteiger partial charge is 0.230 e. The molecule has 0 saturated carbocycles. The first-order valence-electron chi connectivity index (χ1n) is 5.35. The molecule has 4 nitrogen and oxygen atoms in total. The summed E-state index contributed by atoms with van der Waals surface area (Å²) < 4.78 is 0. The van der Waals surface area contributed by atoms with Gasteiger partial charge in [-0.25, -0.2) is 4.98 Å². The monoisotopic (exact) mass is 202 g/mol. The molecule has 2 rings (SSSR count). The Morgan fingerprint density at radius 1 is 1.13 bits per heavy atom. The van der Waals surface area contributed by atoms with E-state index in [1.54, 1.807) is 0 Å². The van der Waals surface area contributed by atoms with Crippen LogP contribution >= 0.6 is 0 Å². The van der Waals surface area contributed by atoms with Crippen LogP contribution < -0.4 is 0 Å². The fraction of sp³-hybridized carbons (Fsp3) is 0.455. The first-order valence-corrected chi connectivity index (χ1v) is 5.35. The highest BCUT2D eigenvalue weighted by Crippen LogP contribution is 2.12. The molecule has 2 aliphatic heterocycles. The van der Waals surface area contributed by atoms with Crippen LogP contribution in [0.4, 0.5) is 0 Å². The summed E-state index contributed by atoms with van der Waals surface area (Å²) in [4.78, 5) is 4.43. The maximum Gasteiger partial charge on any atom is 0.204 e. The van der Waals surface area contributed by atoms with Gasteiger partial charge in [0.25, 0.3) is 0 Å². The van der Waals surface area contributed by atoms with E-state index in [9.17, 15) is 0 Å². The number of nitrogens with zero attached hydrogens (tertiary/aromatic N) is 4. The third-order valence-electron chi connectivity index (χ3n) is 2.35. The molecule has 0 atom stereocenters. The first kappa shape index (κ1) is 9.96. The van der Waals surface area contributed by atoms with Crippen LogP contribution in [0, 0.1) is 0 Å². The minimum absolute atomic E-state index is 0.645. The quantitative estimate of drug-likeness (QED) is 0.712. The molecule has 0 saturated heterocycles. The molecule has 0 aromatic carbocycles. The molecule has 2 aliphatic rings. The van der Waals surface area contributed by atoms with Crippen molar-refractivity contribution in [2.24, 2.45) is 0 Å². The molecule has 15 heavy (non-hydrogen) atoms. The van der Waals surface area contributed by atoms with E-state index in [1.165, 1.54) is 19.3 Å². The normalized spacial score (nSPS) is 10.7. The predicted octanol–water partition coefficient (Wildman–Crippen LogP) is 2.10. The van der Waals surface area contributed by atoms with Gasteiger partial charge in [-0.3, -0.25) is 0 Å². The topological polar surface area (TPSA) is 51.6 Å². The number of unbranched alkanes of at least 4 members (excludes halogenated alkanes) is 2. The van der Waals surface area contributed by atoms with Gasteiger partial charge in [-0.15, -0.1) is 10.2 Å². The lowest BCUT2D eigenvalue weighted by Crippen LogP contribution is -1.89. The standard InChI is InChI=1S/C11H14N4/c1-2-3-4-6-9-7-5-8-10-11(12-9)14-15-13-10/h5,7-8H,2-4,6H2,1H3. The summed E-state index contributed by atoms with van der Waals surface area (Å²) in [6, 6.07) is 5.89. The molecule has 0 aliphatic carbocycles. The number of fused-ring (bicyclic) bond motifs is 1. The minimum atomic E-state index is 0.645. The van der Waals surface area contributed by atoms with Crippen molar-refractivity contribution in [3.8, 4) is 11.5 Å². The van der Waals surface area contributed by atoms with E-state index in [0.29, 0.717) is 5.82 Å². The van der Waals surface area contributed by atoms with Gasteiger partial charge in [-0.2, -0.15) is 0 Å². The SMILES string of the molecule is CCCCCc1cccc2nnnc-2n1. The van der Waals surface area contributed by atoms with Crippen LogP contribution in [0.3, 0.4) is 0 Å². The second kappa shape index (κ2) is 4.77. The van der Waals surface area contributed by atoms with Gasteiger partial charge in [0, 0.05) is 5.69 Å². The summed E-state index contributed by atoms with van der Waals surface area (Å²) in [6.45, 7) is 2.20. The Balaban J connectivity index is 2.14. The van der Waals surface area contributed by atoms with Gasteiger partial charge in [0.1, 0.15) is 5.69 Å². The van der Waals surface area contributed by atoms with E-state index in [-0.39, 0.29) is 0 Å². The second-order valence-corrected chi connectivity index (χ2v) is 3.58. The van der Waals surface area contributed by atoms with Crippen molar-refractivity contribution in [3.05, 3.63) is 23.9 Å². The lowest BCUT2D eigenvalue weighted by atomic mass is 10.1. The Bertz CT molecular complexity index is 402. The number of hydrogen-bond acceptors (Lipinski definition) is 4. The Morgan fingerprint density at radius 3 is 2.93 bits per heavy atom. The van der Waals surface area contributed by atoms with E-state index >= 15 is 0 Å². The lowest BCUT2D eigenvalue weighted by Gasteiger charge is -1.95. The molecule has 0 amide bonds. The van der Waals surface area contributed by atoms with Crippen LogP contribution in [0.2, 0.25) is 0 Å². The number of hydrogen-bond donors (Lipinski definition) is 0. The smallest absolute Gasteiger partial charge is 0.204 e. The molecule has 4 heteroatoms. The Kier molecular flexibility index (Phi) is 3.17. The van der Waals surface area contributed by atoms with Crippen molar-refractivity contribution in [3.63, 3.8) is 0 Å². The number of rotatable bonds is 4. The summed E-state index contributed by atoms with van der Waals surface area (Å²) >= 11 is 0. The molecule has 0 aromatic rings. The first-order chi connectivity index (χ1) is 7.40. The maximum absolute atomic E-state index is 4.43. The third kappa shape index (κ3) is 2.46. The minimum Gasteiger partial charge on any atom is -0.230 e. The van der Waals surface area contributed by atoms with Crippen LogP contribution in [0.1, 0.15) is 31.9 Å². The predicted molar refractivity (Wildman–Crippen MR) is 57.5 cm³/mol. The molecular weight excluding hydrogens is 188 g/mol. The van der Waals surface area contributed by atoms with Crippen LogP contribution in [-0.4, -0.2) is 20.4 Å². The zero-order valence-electron chi connectivity index (χ0n) is 8.85. The molecule has 0 spiro atoms. The van der Waals surface area contributed by atoms with Gasteiger partial charge in [-0.1, -0.05) is 25.8 Å². The highest BCUT2D eigenvalue weighted by atomic mass is 15.4. The van der Waals surface area contributed by atoms with Crippen molar-refractivity contribution in [2.75, 3.05) is 0 Å². The van der Waals surface area contributed by atoms with Gasteiger partial charge in [0.15, 0.2) is 0 Å². The maximum atomic E-state index is 4.43. The van der Waals surface area contributed by atoms with Crippen LogP contribution in [0.5, 0.6) is 0 Å². The number of aromatic nitrogens is 4. The van der Waals surface area contributed by atoms with E-state index in [4.69, 9.17) is 0 Å². The molecule has 0 N–H and O–H groups in total. The van der Waals surface area contributed by atoms with E-state index < -0.39 is 0 Å². The molecule has 78 valence electrons. The zero-order chi connectivity index (χ0) is 10.5. The highest BCUT2D eigenvalue weighted by molar-refractivity contribution is 5.47. The van der Waals surface area contributed by atoms with E-state index in [0.717, 1.165) is 17.8 Å². The third-order valence-corrected chi connectivity index (χ3v) is 2.35. The summed E-state index contributed by atoms with van der Waals surface area (Å²) in [5.74, 6) is 0.645. The van der Waals surface area contributed by atoms with Gasteiger partial charge >= 0.3 is 0 Å². The Hall–Kier alpha value is -1.58. The Morgan fingerprint density at radius 2 is 2.07 bits per heavy atom. The van der Waals surface area contributed by atoms with Crippen LogP contribution in [0.25, 0.3) is 11.5 Å². The van der Waals surface area contributed by atoms with Crippen LogP contribution in [0.15, 0.2) is 18.2 Å². The van der Waals surface area contributed by atoms with Gasteiger partial charge in [0.05, 0.1) is 0 Å².